The van der Waals surface area contributed by atoms with Crippen molar-refractivity contribution in [3.8, 4) is 0 Å². The van der Waals surface area contributed by atoms with Gasteiger partial charge in [-0.15, -0.1) is 0 Å². The first-order chi connectivity index (χ1) is 8.14. The summed E-state index contributed by atoms with van der Waals surface area (Å²) in [7, 11) is 0. The van der Waals surface area contributed by atoms with Crippen molar-refractivity contribution in [2.24, 2.45) is 11.5 Å². The van der Waals surface area contributed by atoms with Crippen molar-refractivity contribution in [3.05, 3.63) is 0 Å². The molecule has 0 saturated carbocycles. The van der Waals surface area contributed by atoms with Gasteiger partial charge in [-0.25, -0.2) is 9.59 Å². The van der Waals surface area contributed by atoms with Gasteiger partial charge in [0.25, 0.3) is 0 Å². The summed E-state index contributed by atoms with van der Waals surface area (Å²) in [4.78, 5) is 18.2. The quantitative estimate of drug-likeness (QED) is 0.551. The van der Waals surface area contributed by atoms with Gasteiger partial charge in [0, 0.05) is 11.1 Å². The van der Waals surface area contributed by atoms with Crippen LogP contribution < -0.4 is 11.5 Å². The van der Waals surface area contributed by atoms with Crippen LogP contribution >= 0.6 is 0 Å². The Bertz CT molecular complexity index is 243. The van der Waals surface area contributed by atoms with Crippen molar-refractivity contribution in [2.75, 3.05) is 0 Å². The van der Waals surface area contributed by atoms with Crippen molar-refractivity contribution in [3.63, 3.8) is 0 Å². The molecular weight excluding hydrogens is 236 g/mol. The van der Waals surface area contributed by atoms with E-state index in [-0.39, 0.29) is 11.1 Å². The third-order valence-corrected chi connectivity index (χ3v) is 3.70. The summed E-state index contributed by atoms with van der Waals surface area (Å²) in [5, 5.41) is 14.8. The van der Waals surface area contributed by atoms with Crippen molar-refractivity contribution in [1.29, 1.82) is 0 Å². The summed E-state index contributed by atoms with van der Waals surface area (Å²) in [6, 6.07) is 0. The molecule has 0 saturated heterocycles. The fraction of sp³-hybridized carbons (Fsp3) is 0.833. The Kier molecular flexibility index (Phi) is 8.59. The molecule has 0 unspecified atom stereocenters. The molecule has 0 bridgehead atoms. The molecule has 6 heteroatoms. The van der Waals surface area contributed by atoms with Gasteiger partial charge in [0.2, 0.25) is 0 Å². The number of carboxylic acids is 2. The molecule has 0 heterocycles. The lowest BCUT2D eigenvalue weighted by molar-refractivity contribution is -0.159. The lowest BCUT2D eigenvalue weighted by Crippen LogP contribution is -2.64. The summed E-state index contributed by atoms with van der Waals surface area (Å²) < 4.78 is 0. The van der Waals surface area contributed by atoms with Crippen LogP contribution in [0.5, 0.6) is 0 Å². The standard InChI is InChI=1S/C10H24N2.C2H2O4/c1-5-9(11,6-2)10(12,7-3)8-4;3-1(4)2(5)6/h5-8,11-12H2,1-4H3;(H,3,4)(H,5,6). The third-order valence-electron chi connectivity index (χ3n) is 3.70. The van der Waals surface area contributed by atoms with E-state index in [1.807, 2.05) is 0 Å². The van der Waals surface area contributed by atoms with Crippen LogP contribution in [0.3, 0.4) is 0 Å². The second-order valence-corrected chi connectivity index (χ2v) is 4.34. The zero-order valence-corrected chi connectivity index (χ0v) is 11.7. The van der Waals surface area contributed by atoms with Crippen LogP contribution in [0.2, 0.25) is 0 Å². The zero-order valence-electron chi connectivity index (χ0n) is 11.7. The average Bonchev–Trinajstić information content (AvgIpc) is 2.37. The highest BCUT2D eigenvalue weighted by atomic mass is 16.4. The SMILES string of the molecule is CCC(N)(CC)C(N)(CC)CC.O=C(O)C(=O)O. The number of carboxylic acid groups (broad SMARTS) is 2. The van der Waals surface area contributed by atoms with E-state index in [1.54, 1.807) is 0 Å². The van der Waals surface area contributed by atoms with E-state index < -0.39 is 11.9 Å². The zero-order chi connectivity index (χ0) is 15.0. The topological polar surface area (TPSA) is 127 Å². The highest BCUT2D eigenvalue weighted by Gasteiger charge is 2.40. The van der Waals surface area contributed by atoms with Crippen LogP contribution in [-0.4, -0.2) is 33.2 Å². The third kappa shape index (κ3) is 5.01. The van der Waals surface area contributed by atoms with Crippen LogP contribution in [0.1, 0.15) is 53.4 Å². The number of carbonyl (C=O) groups is 2. The summed E-state index contributed by atoms with van der Waals surface area (Å²) in [5.41, 5.74) is 12.2. The molecule has 0 aliphatic rings. The molecule has 0 rings (SSSR count). The van der Waals surface area contributed by atoms with E-state index in [0.29, 0.717) is 0 Å². The Morgan fingerprint density at radius 3 is 1.00 bits per heavy atom. The van der Waals surface area contributed by atoms with Crippen molar-refractivity contribution < 1.29 is 19.8 Å². The van der Waals surface area contributed by atoms with Gasteiger partial charge in [0.1, 0.15) is 0 Å². The van der Waals surface area contributed by atoms with Crippen LogP contribution in [0.15, 0.2) is 0 Å². The smallest absolute Gasteiger partial charge is 0.414 e. The Morgan fingerprint density at radius 2 is 0.944 bits per heavy atom. The summed E-state index contributed by atoms with van der Waals surface area (Å²) in [6.07, 6.45) is 3.84. The Labute approximate surface area is 108 Å². The molecule has 0 fully saturated rings. The van der Waals surface area contributed by atoms with Gasteiger partial charge in [-0.1, -0.05) is 27.7 Å². The Hall–Kier alpha value is -1.14. The van der Waals surface area contributed by atoms with Crippen LogP contribution in [0, 0.1) is 0 Å². The molecule has 6 N–H and O–H groups in total. The van der Waals surface area contributed by atoms with Gasteiger partial charge in [0.05, 0.1) is 0 Å². The van der Waals surface area contributed by atoms with Crippen LogP contribution in [0.25, 0.3) is 0 Å². The van der Waals surface area contributed by atoms with Gasteiger partial charge in [-0.3, -0.25) is 0 Å². The van der Waals surface area contributed by atoms with E-state index in [4.69, 9.17) is 31.3 Å². The predicted octanol–water partition coefficient (Wildman–Crippen LogP) is 1.18. The van der Waals surface area contributed by atoms with Crippen LogP contribution in [0.4, 0.5) is 0 Å². The largest absolute Gasteiger partial charge is 0.473 e. The molecule has 108 valence electrons. The number of hydrogen-bond acceptors (Lipinski definition) is 4. The number of rotatable bonds is 5. The molecule has 0 aliphatic carbocycles. The first-order valence-corrected chi connectivity index (χ1v) is 6.18. The van der Waals surface area contributed by atoms with Crippen molar-refractivity contribution >= 4 is 11.9 Å². The lowest BCUT2D eigenvalue weighted by Gasteiger charge is -2.44. The minimum atomic E-state index is -1.82. The molecule has 0 atom stereocenters. The maximum absolute atomic E-state index is 9.10. The van der Waals surface area contributed by atoms with Crippen molar-refractivity contribution in [1.82, 2.24) is 0 Å². The number of aliphatic carboxylic acids is 2. The Balaban J connectivity index is 0. The van der Waals surface area contributed by atoms with Gasteiger partial charge in [-0.2, -0.15) is 0 Å². The predicted molar refractivity (Wildman–Crippen MR) is 70.3 cm³/mol. The molecule has 0 aromatic rings. The fourth-order valence-electron chi connectivity index (χ4n) is 1.91. The molecule has 0 radical (unpaired) electrons. The summed E-state index contributed by atoms with van der Waals surface area (Å²) in [6.45, 7) is 8.49. The van der Waals surface area contributed by atoms with Gasteiger partial charge >= 0.3 is 11.9 Å². The van der Waals surface area contributed by atoms with E-state index in [9.17, 15) is 0 Å². The normalized spacial score (nSPS) is 11.4. The van der Waals surface area contributed by atoms with Gasteiger partial charge < -0.3 is 21.7 Å². The molecule has 0 aromatic heterocycles. The fourth-order valence-corrected chi connectivity index (χ4v) is 1.91. The highest BCUT2D eigenvalue weighted by molar-refractivity contribution is 6.27. The second-order valence-electron chi connectivity index (χ2n) is 4.34. The first-order valence-electron chi connectivity index (χ1n) is 6.18. The molecule has 0 aliphatic heterocycles. The number of nitrogens with two attached hydrogens (primary N) is 2. The van der Waals surface area contributed by atoms with E-state index in [2.05, 4.69) is 27.7 Å². The minimum Gasteiger partial charge on any atom is -0.473 e. The van der Waals surface area contributed by atoms with Gasteiger partial charge in [0.15, 0.2) is 0 Å². The van der Waals surface area contributed by atoms with E-state index >= 15 is 0 Å². The van der Waals surface area contributed by atoms with E-state index in [0.717, 1.165) is 25.7 Å². The van der Waals surface area contributed by atoms with Crippen LogP contribution in [-0.2, 0) is 9.59 Å². The van der Waals surface area contributed by atoms with Gasteiger partial charge in [-0.05, 0) is 25.7 Å². The monoisotopic (exact) mass is 262 g/mol. The van der Waals surface area contributed by atoms with E-state index in [1.165, 1.54) is 0 Å². The highest BCUT2D eigenvalue weighted by Crippen LogP contribution is 2.30. The average molecular weight is 262 g/mol. The molecule has 0 amide bonds. The second kappa shape index (κ2) is 8.05. The molecule has 18 heavy (non-hydrogen) atoms. The molecule has 0 spiro atoms. The maximum Gasteiger partial charge on any atom is 0.414 e. The van der Waals surface area contributed by atoms with Crippen molar-refractivity contribution in [2.45, 2.75) is 64.5 Å². The first kappa shape index (κ1) is 19.2. The molecular formula is C12H26N2O4. The summed E-state index contributed by atoms with van der Waals surface area (Å²) >= 11 is 0. The molecule has 0 aromatic carbocycles. The lowest BCUT2D eigenvalue weighted by atomic mass is 9.71. The number of hydrogen-bond donors (Lipinski definition) is 4. The minimum absolute atomic E-state index is 0.184. The maximum atomic E-state index is 9.10. The summed E-state index contributed by atoms with van der Waals surface area (Å²) in [5.74, 6) is -3.65. The Morgan fingerprint density at radius 1 is 0.778 bits per heavy atom. The molecule has 6 nitrogen and oxygen atoms in total.